The molecule has 0 heterocycles. The molecule has 0 aliphatic heterocycles. The van der Waals surface area contributed by atoms with Crippen LogP contribution in [0, 0.1) is 0 Å². The topological polar surface area (TPSA) is 38.3 Å². The summed E-state index contributed by atoms with van der Waals surface area (Å²) in [5.74, 6) is 1.38. The average Bonchev–Trinajstić information content (AvgIpc) is 2.91. The zero-order valence-electron chi connectivity index (χ0n) is 12.7. The number of nitrogens with one attached hydrogen (secondary N) is 1. The van der Waals surface area contributed by atoms with Crippen LogP contribution in [0.15, 0.2) is 18.2 Å². The molecule has 0 spiro atoms. The van der Waals surface area contributed by atoms with Crippen molar-refractivity contribution in [2.45, 2.75) is 57.9 Å². The van der Waals surface area contributed by atoms with Crippen LogP contribution in [0.5, 0.6) is 5.75 Å². The van der Waals surface area contributed by atoms with Gasteiger partial charge in [-0.05, 0) is 30.4 Å². The molecule has 0 aromatic heterocycles. The zero-order chi connectivity index (χ0) is 14.5. The lowest BCUT2D eigenvalue weighted by molar-refractivity contribution is -0.121. The number of hydrogen-bond acceptors (Lipinski definition) is 2. The van der Waals surface area contributed by atoms with Crippen molar-refractivity contribution in [3.05, 3.63) is 29.3 Å². The molecule has 1 fully saturated rings. The van der Waals surface area contributed by atoms with Crippen LogP contribution in [0.1, 0.15) is 56.6 Å². The number of methoxy groups -OCH3 is 1. The third kappa shape index (κ3) is 3.75. The van der Waals surface area contributed by atoms with Crippen molar-refractivity contribution < 1.29 is 9.53 Å². The first-order chi connectivity index (χ1) is 9.60. The van der Waals surface area contributed by atoms with Gasteiger partial charge in [0.1, 0.15) is 5.75 Å². The predicted octanol–water partition coefficient (Wildman–Crippen LogP) is 3.42. The third-order valence-corrected chi connectivity index (χ3v) is 4.05. The maximum atomic E-state index is 12.1. The summed E-state index contributed by atoms with van der Waals surface area (Å²) in [6.07, 6.45) is 5.11. The second kappa shape index (κ2) is 6.78. The fourth-order valence-corrected chi connectivity index (χ4v) is 2.79. The van der Waals surface area contributed by atoms with Crippen LogP contribution in [0.2, 0.25) is 0 Å². The van der Waals surface area contributed by atoms with E-state index in [2.05, 4.69) is 25.2 Å². The summed E-state index contributed by atoms with van der Waals surface area (Å²) in [5, 5.41) is 3.12. The van der Waals surface area contributed by atoms with E-state index in [1.165, 1.54) is 18.4 Å². The smallest absolute Gasteiger partial charge is 0.224 e. The molecular weight excluding hydrogens is 250 g/mol. The first-order valence-corrected chi connectivity index (χ1v) is 7.56. The zero-order valence-corrected chi connectivity index (χ0v) is 12.7. The van der Waals surface area contributed by atoms with Gasteiger partial charge in [0.05, 0.1) is 13.5 Å². The largest absolute Gasteiger partial charge is 0.496 e. The van der Waals surface area contributed by atoms with Crippen LogP contribution in [-0.4, -0.2) is 19.1 Å². The summed E-state index contributed by atoms with van der Waals surface area (Å²) in [7, 11) is 1.66. The van der Waals surface area contributed by atoms with E-state index in [4.69, 9.17) is 4.74 Å². The number of ether oxygens (including phenoxy) is 1. The molecule has 1 aliphatic rings. The van der Waals surface area contributed by atoms with E-state index < -0.39 is 0 Å². The highest BCUT2D eigenvalue weighted by Crippen LogP contribution is 2.25. The molecule has 0 saturated heterocycles. The minimum absolute atomic E-state index is 0.104. The van der Waals surface area contributed by atoms with E-state index in [-0.39, 0.29) is 5.91 Å². The molecule has 3 heteroatoms. The van der Waals surface area contributed by atoms with Gasteiger partial charge in [-0.15, -0.1) is 0 Å². The van der Waals surface area contributed by atoms with Crippen molar-refractivity contribution in [2.75, 3.05) is 7.11 Å². The van der Waals surface area contributed by atoms with E-state index in [1.54, 1.807) is 7.11 Å². The molecule has 1 N–H and O–H groups in total. The predicted molar refractivity (Wildman–Crippen MR) is 81.2 cm³/mol. The highest BCUT2D eigenvalue weighted by atomic mass is 16.5. The fraction of sp³-hybridized carbons (Fsp3) is 0.588. The second-order valence-corrected chi connectivity index (χ2v) is 5.95. The Morgan fingerprint density at radius 2 is 2.05 bits per heavy atom. The van der Waals surface area contributed by atoms with Gasteiger partial charge >= 0.3 is 0 Å². The van der Waals surface area contributed by atoms with Gasteiger partial charge in [-0.2, -0.15) is 0 Å². The van der Waals surface area contributed by atoms with Crippen LogP contribution in [0.25, 0.3) is 0 Å². The van der Waals surface area contributed by atoms with Crippen molar-refractivity contribution in [2.24, 2.45) is 0 Å². The third-order valence-electron chi connectivity index (χ3n) is 4.05. The average molecular weight is 275 g/mol. The maximum Gasteiger partial charge on any atom is 0.224 e. The summed E-state index contributed by atoms with van der Waals surface area (Å²) < 4.78 is 5.43. The van der Waals surface area contributed by atoms with Gasteiger partial charge in [-0.25, -0.2) is 0 Å². The summed E-state index contributed by atoms with van der Waals surface area (Å²) in [4.78, 5) is 12.1. The van der Waals surface area contributed by atoms with Crippen LogP contribution in [0.3, 0.4) is 0 Å². The normalized spacial score (nSPS) is 15.6. The fourth-order valence-electron chi connectivity index (χ4n) is 2.79. The molecule has 1 aromatic carbocycles. The van der Waals surface area contributed by atoms with Crippen LogP contribution in [0.4, 0.5) is 0 Å². The summed E-state index contributed by atoms with van der Waals surface area (Å²) in [5.41, 5.74) is 2.20. The lowest BCUT2D eigenvalue weighted by Crippen LogP contribution is -2.33. The monoisotopic (exact) mass is 275 g/mol. The Balaban J connectivity index is 2.02. The molecule has 20 heavy (non-hydrogen) atoms. The van der Waals surface area contributed by atoms with E-state index in [0.29, 0.717) is 18.4 Å². The molecule has 2 rings (SSSR count). The molecule has 110 valence electrons. The van der Waals surface area contributed by atoms with Gasteiger partial charge in [-0.3, -0.25) is 4.79 Å². The molecule has 1 amide bonds. The molecular formula is C17H25NO2. The van der Waals surface area contributed by atoms with E-state index in [9.17, 15) is 4.79 Å². The van der Waals surface area contributed by atoms with Crippen LogP contribution in [-0.2, 0) is 11.2 Å². The van der Waals surface area contributed by atoms with E-state index in [1.807, 2.05) is 12.1 Å². The molecule has 3 nitrogen and oxygen atoms in total. The van der Waals surface area contributed by atoms with Gasteiger partial charge in [0, 0.05) is 11.6 Å². The van der Waals surface area contributed by atoms with Gasteiger partial charge < -0.3 is 10.1 Å². The Morgan fingerprint density at radius 1 is 1.35 bits per heavy atom. The molecule has 1 saturated carbocycles. The Kier molecular flexibility index (Phi) is 5.05. The van der Waals surface area contributed by atoms with E-state index in [0.717, 1.165) is 24.2 Å². The number of amides is 1. The maximum absolute atomic E-state index is 12.1. The van der Waals surface area contributed by atoms with Crippen LogP contribution < -0.4 is 10.1 Å². The Hall–Kier alpha value is -1.51. The number of carbonyl (C=O) groups is 1. The number of hydrogen-bond donors (Lipinski definition) is 1. The van der Waals surface area contributed by atoms with Crippen molar-refractivity contribution in [3.8, 4) is 5.75 Å². The first-order valence-electron chi connectivity index (χ1n) is 7.56. The molecule has 0 atom stereocenters. The molecule has 1 aromatic rings. The Morgan fingerprint density at radius 3 is 2.65 bits per heavy atom. The highest BCUT2D eigenvalue weighted by Gasteiger charge is 2.18. The van der Waals surface area contributed by atoms with Gasteiger partial charge in [0.25, 0.3) is 0 Å². The second-order valence-electron chi connectivity index (χ2n) is 5.95. The van der Waals surface area contributed by atoms with Crippen molar-refractivity contribution >= 4 is 5.91 Å². The van der Waals surface area contributed by atoms with Gasteiger partial charge in [0.15, 0.2) is 0 Å². The van der Waals surface area contributed by atoms with Crippen molar-refractivity contribution in [1.82, 2.24) is 5.32 Å². The van der Waals surface area contributed by atoms with Gasteiger partial charge in [-0.1, -0.05) is 38.8 Å². The lowest BCUT2D eigenvalue weighted by Gasteiger charge is -2.15. The van der Waals surface area contributed by atoms with Crippen LogP contribution >= 0.6 is 0 Å². The number of carbonyl (C=O) groups excluding carboxylic acids is 1. The molecule has 0 radical (unpaired) electrons. The van der Waals surface area contributed by atoms with E-state index >= 15 is 0 Å². The standard InChI is InChI=1S/C17H25NO2/c1-12(2)13-8-9-14(16(10-13)20-3)11-17(19)18-15-6-4-5-7-15/h8-10,12,15H,4-7,11H2,1-3H3,(H,18,19). The number of benzene rings is 1. The summed E-state index contributed by atoms with van der Waals surface area (Å²) in [6.45, 7) is 4.31. The van der Waals surface area contributed by atoms with Gasteiger partial charge in [0.2, 0.25) is 5.91 Å². The summed E-state index contributed by atoms with van der Waals surface area (Å²) >= 11 is 0. The minimum atomic E-state index is 0.104. The summed E-state index contributed by atoms with van der Waals surface area (Å²) in [6, 6.07) is 6.53. The van der Waals surface area contributed by atoms with Crippen molar-refractivity contribution in [3.63, 3.8) is 0 Å². The molecule has 1 aliphatic carbocycles. The Labute approximate surface area is 121 Å². The lowest BCUT2D eigenvalue weighted by atomic mass is 9.99. The quantitative estimate of drug-likeness (QED) is 0.894. The minimum Gasteiger partial charge on any atom is -0.496 e. The SMILES string of the molecule is COc1cc(C(C)C)ccc1CC(=O)NC1CCCC1. The highest BCUT2D eigenvalue weighted by molar-refractivity contribution is 5.79. The molecule has 0 bridgehead atoms. The Bertz CT molecular complexity index is 462. The molecule has 0 unspecified atom stereocenters. The number of rotatable bonds is 5. The first kappa shape index (κ1) is 14.9. The van der Waals surface area contributed by atoms with Crippen molar-refractivity contribution in [1.29, 1.82) is 0 Å².